The average molecular weight is 257 g/mol. The molecule has 0 aliphatic heterocycles. The maximum Gasteiger partial charge on any atom is 0.326 e. The Morgan fingerprint density at radius 1 is 1.59 bits per heavy atom. The standard InChI is InChI=1S/C11H15NO4S/c1-2-17-7-5-8(11(14)15)12-10(13)9-4-3-6-16-9/h3-4,6,8H,2,5,7H2,1H3,(H,12,13)(H,14,15). The number of amides is 1. The van der Waals surface area contributed by atoms with Crippen molar-refractivity contribution in [2.45, 2.75) is 19.4 Å². The Bertz CT molecular complexity index is 364. The third-order valence-electron chi connectivity index (χ3n) is 2.10. The Morgan fingerprint density at radius 2 is 2.35 bits per heavy atom. The van der Waals surface area contributed by atoms with Gasteiger partial charge in [-0.15, -0.1) is 0 Å². The molecule has 1 unspecified atom stereocenters. The molecule has 0 aromatic carbocycles. The zero-order chi connectivity index (χ0) is 12.7. The summed E-state index contributed by atoms with van der Waals surface area (Å²) >= 11 is 1.64. The van der Waals surface area contributed by atoms with Gasteiger partial charge >= 0.3 is 5.97 Å². The van der Waals surface area contributed by atoms with Crippen LogP contribution in [0.3, 0.4) is 0 Å². The first-order chi connectivity index (χ1) is 8.15. The zero-order valence-corrected chi connectivity index (χ0v) is 10.3. The van der Waals surface area contributed by atoms with Crippen LogP contribution in [-0.2, 0) is 4.79 Å². The van der Waals surface area contributed by atoms with Gasteiger partial charge in [0.25, 0.3) is 5.91 Å². The fourth-order valence-electron chi connectivity index (χ4n) is 1.24. The van der Waals surface area contributed by atoms with Crippen LogP contribution in [0.15, 0.2) is 22.8 Å². The average Bonchev–Trinajstić information content (AvgIpc) is 2.81. The second-order valence-electron chi connectivity index (χ2n) is 3.33. The minimum Gasteiger partial charge on any atom is -0.480 e. The van der Waals surface area contributed by atoms with Gasteiger partial charge in [0.15, 0.2) is 5.76 Å². The number of thioether (sulfide) groups is 1. The van der Waals surface area contributed by atoms with Crippen LogP contribution in [0.1, 0.15) is 23.9 Å². The molecule has 1 aromatic rings. The van der Waals surface area contributed by atoms with E-state index in [1.54, 1.807) is 17.8 Å². The Balaban J connectivity index is 2.49. The van der Waals surface area contributed by atoms with E-state index >= 15 is 0 Å². The summed E-state index contributed by atoms with van der Waals surface area (Å²) in [5, 5.41) is 11.4. The number of rotatable bonds is 7. The molecule has 1 amide bonds. The van der Waals surface area contributed by atoms with Gasteiger partial charge in [0.05, 0.1) is 6.26 Å². The van der Waals surface area contributed by atoms with Crippen molar-refractivity contribution in [2.75, 3.05) is 11.5 Å². The number of hydrogen-bond donors (Lipinski definition) is 2. The minimum atomic E-state index is -1.03. The summed E-state index contributed by atoms with van der Waals surface area (Å²) in [6.45, 7) is 2.00. The van der Waals surface area contributed by atoms with E-state index in [2.05, 4.69) is 5.32 Å². The smallest absolute Gasteiger partial charge is 0.326 e. The van der Waals surface area contributed by atoms with E-state index in [0.29, 0.717) is 12.2 Å². The van der Waals surface area contributed by atoms with Gasteiger partial charge in [-0.25, -0.2) is 4.79 Å². The predicted molar refractivity (Wildman–Crippen MR) is 65.2 cm³/mol. The molecule has 17 heavy (non-hydrogen) atoms. The number of hydrogen-bond acceptors (Lipinski definition) is 4. The summed E-state index contributed by atoms with van der Waals surface area (Å²) in [5.74, 6) is 0.231. The largest absolute Gasteiger partial charge is 0.480 e. The van der Waals surface area contributed by atoms with Crippen LogP contribution in [0.5, 0.6) is 0 Å². The van der Waals surface area contributed by atoms with Crippen molar-refractivity contribution in [2.24, 2.45) is 0 Å². The topological polar surface area (TPSA) is 79.5 Å². The fraction of sp³-hybridized carbons (Fsp3) is 0.455. The lowest BCUT2D eigenvalue weighted by molar-refractivity contribution is -0.139. The molecule has 0 spiro atoms. The van der Waals surface area contributed by atoms with Crippen molar-refractivity contribution < 1.29 is 19.1 Å². The minimum absolute atomic E-state index is 0.124. The van der Waals surface area contributed by atoms with Gasteiger partial charge in [-0.2, -0.15) is 11.8 Å². The number of carbonyl (C=O) groups is 2. The Hall–Kier alpha value is -1.43. The van der Waals surface area contributed by atoms with Crippen molar-refractivity contribution in [3.8, 4) is 0 Å². The van der Waals surface area contributed by atoms with Crippen LogP contribution in [0.25, 0.3) is 0 Å². The van der Waals surface area contributed by atoms with Crippen LogP contribution < -0.4 is 5.32 Å². The molecular weight excluding hydrogens is 242 g/mol. The SMILES string of the molecule is CCSCCC(NC(=O)c1ccco1)C(=O)O. The maximum atomic E-state index is 11.6. The first-order valence-corrected chi connectivity index (χ1v) is 6.45. The second kappa shape index (κ2) is 7.01. The van der Waals surface area contributed by atoms with Gasteiger partial charge in [0.2, 0.25) is 0 Å². The van der Waals surface area contributed by atoms with Gasteiger partial charge in [-0.1, -0.05) is 6.92 Å². The van der Waals surface area contributed by atoms with E-state index in [-0.39, 0.29) is 5.76 Å². The van der Waals surface area contributed by atoms with Crippen LogP contribution in [0.4, 0.5) is 0 Å². The first kappa shape index (κ1) is 13.6. The van der Waals surface area contributed by atoms with E-state index in [4.69, 9.17) is 9.52 Å². The summed E-state index contributed by atoms with van der Waals surface area (Å²) in [5.41, 5.74) is 0. The molecule has 0 saturated heterocycles. The molecule has 1 atom stereocenters. The highest BCUT2D eigenvalue weighted by atomic mass is 32.2. The van der Waals surface area contributed by atoms with E-state index in [1.165, 1.54) is 12.3 Å². The molecule has 0 radical (unpaired) electrons. The molecule has 0 fully saturated rings. The zero-order valence-electron chi connectivity index (χ0n) is 9.51. The quantitative estimate of drug-likeness (QED) is 0.725. The number of carboxylic acids is 1. The molecule has 1 aromatic heterocycles. The predicted octanol–water partition coefficient (Wildman–Crippen LogP) is 1.61. The van der Waals surface area contributed by atoms with Crippen LogP contribution in [0.2, 0.25) is 0 Å². The Labute approximate surface area is 104 Å². The molecule has 5 nitrogen and oxygen atoms in total. The number of aliphatic carboxylic acids is 1. The Kier molecular flexibility index (Phi) is 5.62. The highest BCUT2D eigenvalue weighted by molar-refractivity contribution is 7.99. The normalized spacial score (nSPS) is 12.1. The third kappa shape index (κ3) is 4.52. The van der Waals surface area contributed by atoms with Gasteiger partial charge < -0.3 is 14.8 Å². The summed E-state index contributed by atoms with van der Waals surface area (Å²) in [6, 6.07) is 2.21. The van der Waals surface area contributed by atoms with Crippen molar-refractivity contribution >= 4 is 23.6 Å². The molecule has 0 aliphatic rings. The number of carboxylic acid groups (broad SMARTS) is 1. The summed E-state index contributed by atoms with van der Waals surface area (Å²) < 4.78 is 4.89. The monoisotopic (exact) mass is 257 g/mol. The number of carbonyl (C=O) groups excluding carboxylic acids is 1. The Morgan fingerprint density at radius 3 is 2.88 bits per heavy atom. The van der Waals surface area contributed by atoms with Crippen molar-refractivity contribution in [1.82, 2.24) is 5.32 Å². The number of furan rings is 1. The molecule has 1 heterocycles. The lowest BCUT2D eigenvalue weighted by Gasteiger charge is -2.12. The molecule has 6 heteroatoms. The third-order valence-corrected chi connectivity index (χ3v) is 3.04. The molecule has 0 aliphatic carbocycles. The molecular formula is C11H15NO4S. The van der Waals surface area contributed by atoms with Gasteiger partial charge in [0.1, 0.15) is 6.04 Å². The first-order valence-electron chi connectivity index (χ1n) is 5.30. The molecule has 2 N–H and O–H groups in total. The maximum absolute atomic E-state index is 11.6. The van der Waals surface area contributed by atoms with Gasteiger partial charge in [-0.3, -0.25) is 4.79 Å². The van der Waals surface area contributed by atoms with Crippen molar-refractivity contribution in [3.63, 3.8) is 0 Å². The van der Waals surface area contributed by atoms with Crippen LogP contribution in [-0.4, -0.2) is 34.5 Å². The number of nitrogens with one attached hydrogen (secondary N) is 1. The van der Waals surface area contributed by atoms with E-state index in [9.17, 15) is 9.59 Å². The molecule has 0 saturated carbocycles. The van der Waals surface area contributed by atoms with Crippen molar-refractivity contribution in [1.29, 1.82) is 0 Å². The van der Waals surface area contributed by atoms with Crippen LogP contribution >= 0.6 is 11.8 Å². The highest BCUT2D eigenvalue weighted by Gasteiger charge is 2.21. The summed E-state index contributed by atoms with van der Waals surface area (Å²) in [7, 11) is 0. The van der Waals surface area contributed by atoms with Crippen LogP contribution in [0, 0.1) is 0 Å². The summed E-state index contributed by atoms with van der Waals surface area (Å²) in [4.78, 5) is 22.5. The van der Waals surface area contributed by atoms with Gasteiger partial charge in [0, 0.05) is 0 Å². The van der Waals surface area contributed by atoms with E-state index in [0.717, 1.165) is 5.75 Å². The van der Waals surface area contributed by atoms with E-state index in [1.807, 2.05) is 6.92 Å². The van der Waals surface area contributed by atoms with Crippen molar-refractivity contribution in [3.05, 3.63) is 24.2 Å². The molecule has 0 bridgehead atoms. The second-order valence-corrected chi connectivity index (χ2v) is 4.72. The lowest BCUT2D eigenvalue weighted by atomic mass is 10.2. The lowest BCUT2D eigenvalue weighted by Crippen LogP contribution is -2.41. The summed E-state index contributed by atoms with van der Waals surface area (Å²) in [6.07, 6.45) is 1.78. The molecule has 94 valence electrons. The highest BCUT2D eigenvalue weighted by Crippen LogP contribution is 2.06. The fourth-order valence-corrected chi connectivity index (χ4v) is 1.93. The van der Waals surface area contributed by atoms with E-state index < -0.39 is 17.9 Å². The molecule has 1 rings (SSSR count). The van der Waals surface area contributed by atoms with Gasteiger partial charge in [-0.05, 0) is 30.1 Å².